The molecule has 0 aliphatic carbocycles. The molecular weight excluding hydrogens is 487 g/mol. The van der Waals surface area contributed by atoms with Gasteiger partial charge in [-0.1, -0.05) is 0 Å². The minimum atomic E-state index is 0.710. The van der Waals surface area contributed by atoms with Crippen molar-refractivity contribution in [3.05, 3.63) is 49.4 Å². The Labute approximate surface area is 140 Å². The van der Waals surface area contributed by atoms with Gasteiger partial charge in [0.15, 0.2) is 11.5 Å². The third kappa shape index (κ3) is 2.77. The Bertz CT molecular complexity index is 757. The molecule has 3 rings (SSSR count). The van der Waals surface area contributed by atoms with E-state index < -0.39 is 0 Å². The van der Waals surface area contributed by atoms with Gasteiger partial charge in [-0.3, -0.25) is 0 Å². The number of benzene rings is 1. The summed E-state index contributed by atoms with van der Waals surface area (Å²) >= 11 is 9.21. The monoisotopic (exact) mass is 492 g/mol. The van der Waals surface area contributed by atoms with Gasteiger partial charge in [-0.15, -0.1) is 0 Å². The molecular formula is C12H7Br2IN4. The van der Waals surface area contributed by atoms with Crippen molar-refractivity contribution in [3.63, 3.8) is 0 Å². The van der Waals surface area contributed by atoms with Gasteiger partial charge in [0.05, 0.1) is 5.69 Å². The van der Waals surface area contributed by atoms with E-state index in [0.717, 1.165) is 24.0 Å². The number of rotatable bonds is 2. The Hall–Kier alpha value is -0.670. The molecule has 0 saturated heterocycles. The van der Waals surface area contributed by atoms with Crippen molar-refractivity contribution in [2.24, 2.45) is 0 Å². The third-order valence-electron chi connectivity index (χ3n) is 2.53. The average molecular weight is 494 g/mol. The van der Waals surface area contributed by atoms with Crippen LogP contribution in [0.5, 0.6) is 0 Å². The van der Waals surface area contributed by atoms with Crippen LogP contribution in [0.4, 0.5) is 11.5 Å². The van der Waals surface area contributed by atoms with E-state index in [-0.39, 0.29) is 0 Å². The minimum absolute atomic E-state index is 0.710. The number of hydrogen-bond donors (Lipinski definition) is 1. The van der Waals surface area contributed by atoms with Crippen molar-refractivity contribution in [1.29, 1.82) is 0 Å². The lowest BCUT2D eigenvalue weighted by Crippen LogP contribution is -1.99. The van der Waals surface area contributed by atoms with Gasteiger partial charge in [-0.25, -0.2) is 9.97 Å². The van der Waals surface area contributed by atoms with E-state index in [1.54, 1.807) is 6.20 Å². The van der Waals surface area contributed by atoms with Crippen LogP contribution in [-0.4, -0.2) is 14.4 Å². The first-order chi connectivity index (χ1) is 9.13. The predicted octanol–water partition coefficient (Wildman–Crippen LogP) is 4.60. The number of nitrogens with one attached hydrogen (secondary N) is 1. The van der Waals surface area contributed by atoms with Gasteiger partial charge >= 0.3 is 0 Å². The molecule has 19 heavy (non-hydrogen) atoms. The lowest BCUT2D eigenvalue weighted by atomic mass is 10.3. The Balaban J connectivity index is 2.10. The van der Waals surface area contributed by atoms with E-state index in [0.29, 0.717) is 5.82 Å². The summed E-state index contributed by atoms with van der Waals surface area (Å²) in [4.78, 5) is 8.75. The number of imidazole rings is 1. The van der Waals surface area contributed by atoms with Crippen molar-refractivity contribution in [3.8, 4) is 0 Å². The molecule has 0 aliphatic heterocycles. The zero-order valence-electron chi connectivity index (χ0n) is 9.44. The van der Waals surface area contributed by atoms with Crippen molar-refractivity contribution in [1.82, 2.24) is 14.4 Å². The van der Waals surface area contributed by atoms with E-state index in [1.807, 2.05) is 35.0 Å². The zero-order valence-corrected chi connectivity index (χ0v) is 14.8. The van der Waals surface area contributed by atoms with Crippen LogP contribution < -0.4 is 5.32 Å². The number of nitrogens with zero attached hydrogens (tertiary/aromatic N) is 3. The molecule has 0 radical (unpaired) electrons. The first-order valence-electron chi connectivity index (χ1n) is 5.35. The Kier molecular flexibility index (Phi) is 3.77. The summed E-state index contributed by atoms with van der Waals surface area (Å²) in [5.41, 5.74) is 1.75. The molecule has 3 aromatic rings. The normalized spacial score (nSPS) is 10.9. The van der Waals surface area contributed by atoms with E-state index in [4.69, 9.17) is 0 Å². The van der Waals surface area contributed by atoms with Crippen molar-refractivity contribution >= 4 is 71.6 Å². The summed E-state index contributed by atoms with van der Waals surface area (Å²) < 4.78 is 4.81. The fraction of sp³-hybridized carbons (Fsp3) is 0. The molecule has 0 spiro atoms. The van der Waals surface area contributed by atoms with Crippen LogP contribution in [0, 0.1) is 3.57 Å². The Morgan fingerprint density at radius 3 is 2.95 bits per heavy atom. The summed E-state index contributed by atoms with van der Waals surface area (Å²) in [6.07, 6.45) is 5.51. The fourth-order valence-electron chi connectivity index (χ4n) is 1.71. The number of fused-ring (bicyclic) bond motifs is 1. The molecule has 2 aromatic heterocycles. The zero-order chi connectivity index (χ0) is 13.4. The fourth-order valence-corrected chi connectivity index (χ4v) is 2.94. The van der Waals surface area contributed by atoms with Gasteiger partial charge in [0.1, 0.15) is 4.60 Å². The molecule has 7 heteroatoms. The molecule has 4 nitrogen and oxygen atoms in total. The number of hydrogen-bond acceptors (Lipinski definition) is 3. The molecule has 0 aliphatic rings. The summed E-state index contributed by atoms with van der Waals surface area (Å²) in [6, 6.07) is 6.09. The SMILES string of the molecule is Brc1cn2ccnc2c(Nc2cc(I)ccc2Br)n1. The smallest absolute Gasteiger partial charge is 0.180 e. The highest BCUT2D eigenvalue weighted by Gasteiger charge is 2.08. The molecule has 0 amide bonds. The highest BCUT2D eigenvalue weighted by Crippen LogP contribution is 2.28. The summed E-state index contributed by atoms with van der Waals surface area (Å²) in [7, 11) is 0. The van der Waals surface area contributed by atoms with Crippen LogP contribution in [0.1, 0.15) is 0 Å². The number of aromatic nitrogens is 3. The lowest BCUT2D eigenvalue weighted by molar-refractivity contribution is 1.10. The minimum Gasteiger partial charge on any atom is -0.336 e. The highest BCUT2D eigenvalue weighted by molar-refractivity contribution is 14.1. The molecule has 0 atom stereocenters. The molecule has 96 valence electrons. The summed E-state index contributed by atoms with van der Waals surface area (Å²) in [6.45, 7) is 0. The van der Waals surface area contributed by atoms with Crippen LogP contribution in [0.2, 0.25) is 0 Å². The highest BCUT2D eigenvalue weighted by atomic mass is 127. The van der Waals surface area contributed by atoms with Crippen LogP contribution in [-0.2, 0) is 0 Å². The van der Waals surface area contributed by atoms with Gasteiger partial charge in [0.25, 0.3) is 0 Å². The number of halogens is 3. The maximum absolute atomic E-state index is 4.44. The molecule has 0 bridgehead atoms. The molecule has 0 unspecified atom stereocenters. The number of anilines is 2. The van der Waals surface area contributed by atoms with Gasteiger partial charge in [-0.2, -0.15) is 0 Å². The maximum atomic E-state index is 4.44. The van der Waals surface area contributed by atoms with E-state index in [2.05, 4.69) is 69.7 Å². The van der Waals surface area contributed by atoms with Crippen molar-refractivity contribution in [2.75, 3.05) is 5.32 Å². The lowest BCUT2D eigenvalue weighted by Gasteiger charge is -2.09. The van der Waals surface area contributed by atoms with Gasteiger partial charge in [0, 0.05) is 26.6 Å². The molecule has 1 aromatic carbocycles. The predicted molar refractivity (Wildman–Crippen MR) is 90.8 cm³/mol. The second-order valence-electron chi connectivity index (χ2n) is 3.82. The Morgan fingerprint density at radius 1 is 1.26 bits per heavy atom. The second-order valence-corrected chi connectivity index (χ2v) is 6.73. The van der Waals surface area contributed by atoms with E-state index >= 15 is 0 Å². The first-order valence-corrected chi connectivity index (χ1v) is 8.01. The van der Waals surface area contributed by atoms with Crippen LogP contribution in [0.25, 0.3) is 5.65 Å². The van der Waals surface area contributed by atoms with Gasteiger partial charge < -0.3 is 9.72 Å². The van der Waals surface area contributed by atoms with E-state index in [1.165, 1.54) is 0 Å². The summed E-state index contributed by atoms with van der Waals surface area (Å²) in [5, 5.41) is 3.31. The average Bonchev–Trinajstić information content (AvgIpc) is 2.82. The van der Waals surface area contributed by atoms with Crippen LogP contribution in [0.15, 0.2) is 45.9 Å². The summed E-state index contributed by atoms with van der Waals surface area (Å²) in [5.74, 6) is 0.710. The van der Waals surface area contributed by atoms with Crippen molar-refractivity contribution in [2.45, 2.75) is 0 Å². The van der Waals surface area contributed by atoms with Gasteiger partial charge in [0.2, 0.25) is 0 Å². The standard InChI is InChI=1S/C12H7Br2IN4/c13-8-2-1-7(15)5-9(8)17-11-12-16-3-4-19(12)6-10(14)18-11/h1-6H,(H,17,18). The molecule has 2 heterocycles. The Morgan fingerprint density at radius 2 is 2.11 bits per heavy atom. The molecule has 0 fully saturated rings. The molecule has 0 saturated carbocycles. The second kappa shape index (κ2) is 5.37. The van der Waals surface area contributed by atoms with Crippen LogP contribution >= 0.6 is 54.5 Å². The van der Waals surface area contributed by atoms with Gasteiger partial charge in [-0.05, 0) is 72.6 Å². The first kappa shape index (κ1) is 13.3. The van der Waals surface area contributed by atoms with Crippen molar-refractivity contribution < 1.29 is 0 Å². The topological polar surface area (TPSA) is 42.2 Å². The molecule has 1 N–H and O–H groups in total. The maximum Gasteiger partial charge on any atom is 0.180 e. The van der Waals surface area contributed by atoms with E-state index in [9.17, 15) is 0 Å². The largest absolute Gasteiger partial charge is 0.336 e. The quantitative estimate of drug-likeness (QED) is 0.530. The van der Waals surface area contributed by atoms with Crippen LogP contribution in [0.3, 0.4) is 0 Å². The third-order valence-corrected chi connectivity index (χ3v) is 4.27.